The van der Waals surface area contributed by atoms with Crippen LogP contribution in [-0.2, 0) is 9.53 Å². The van der Waals surface area contributed by atoms with Crippen molar-refractivity contribution in [3.8, 4) is 0 Å². The summed E-state index contributed by atoms with van der Waals surface area (Å²) in [7, 11) is 1.32. The standard InChI is InChI=1S/C23H19NO3/c1-27-23(26)19-13-8-14-20(16-19)24-22(25)21(18-11-6-3-7-12-18)15-17-9-4-2-5-10-17/h2-16H,1H3,(H,24,25)/b21-15+. The second-order valence-corrected chi connectivity index (χ2v) is 5.86. The van der Waals surface area contributed by atoms with Gasteiger partial charge in [-0.25, -0.2) is 4.79 Å². The van der Waals surface area contributed by atoms with Gasteiger partial charge in [-0.15, -0.1) is 0 Å². The second-order valence-electron chi connectivity index (χ2n) is 5.86. The van der Waals surface area contributed by atoms with Gasteiger partial charge in [0.1, 0.15) is 0 Å². The van der Waals surface area contributed by atoms with Crippen molar-refractivity contribution in [2.45, 2.75) is 0 Å². The first-order valence-electron chi connectivity index (χ1n) is 8.49. The third-order valence-corrected chi connectivity index (χ3v) is 3.98. The maximum absolute atomic E-state index is 13.0. The fourth-order valence-corrected chi connectivity index (χ4v) is 2.65. The molecule has 27 heavy (non-hydrogen) atoms. The summed E-state index contributed by atoms with van der Waals surface area (Å²) >= 11 is 0. The van der Waals surface area contributed by atoms with E-state index in [1.807, 2.05) is 66.7 Å². The fraction of sp³-hybridized carbons (Fsp3) is 0.0435. The lowest BCUT2D eigenvalue weighted by atomic mass is 10.0. The number of benzene rings is 3. The zero-order valence-electron chi connectivity index (χ0n) is 14.9. The Kier molecular flexibility index (Phi) is 5.80. The lowest BCUT2D eigenvalue weighted by molar-refractivity contribution is -0.111. The number of carbonyl (C=O) groups is 2. The number of methoxy groups -OCH3 is 1. The molecule has 0 atom stereocenters. The van der Waals surface area contributed by atoms with Crippen LogP contribution in [0.5, 0.6) is 0 Å². The smallest absolute Gasteiger partial charge is 0.337 e. The topological polar surface area (TPSA) is 55.4 Å². The molecule has 4 nitrogen and oxygen atoms in total. The van der Waals surface area contributed by atoms with Gasteiger partial charge in [0.25, 0.3) is 5.91 Å². The molecule has 134 valence electrons. The SMILES string of the molecule is COC(=O)c1cccc(NC(=O)/C(=C/c2ccccc2)c2ccccc2)c1. The molecule has 4 heteroatoms. The van der Waals surface area contributed by atoms with E-state index in [-0.39, 0.29) is 5.91 Å². The highest BCUT2D eigenvalue weighted by Crippen LogP contribution is 2.21. The second kappa shape index (κ2) is 8.63. The highest BCUT2D eigenvalue weighted by molar-refractivity contribution is 6.29. The van der Waals surface area contributed by atoms with E-state index < -0.39 is 5.97 Å². The Balaban J connectivity index is 1.93. The largest absolute Gasteiger partial charge is 0.465 e. The molecule has 0 fully saturated rings. The van der Waals surface area contributed by atoms with E-state index in [2.05, 4.69) is 5.32 Å². The molecule has 3 aromatic rings. The van der Waals surface area contributed by atoms with Crippen LogP contribution in [0, 0.1) is 0 Å². The highest BCUT2D eigenvalue weighted by atomic mass is 16.5. The van der Waals surface area contributed by atoms with Gasteiger partial charge in [-0.3, -0.25) is 4.79 Å². The number of rotatable bonds is 5. The average molecular weight is 357 g/mol. The predicted molar refractivity (Wildman–Crippen MR) is 107 cm³/mol. The summed E-state index contributed by atoms with van der Waals surface area (Å²) in [6.07, 6.45) is 1.84. The quantitative estimate of drug-likeness (QED) is 0.411. The van der Waals surface area contributed by atoms with Crippen molar-refractivity contribution in [2.75, 3.05) is 12.4 Å². The predicted octanol–water partition coefficient (Wildman–Crippen LogP) is 4.65. The molecule has 0 aliphatic carbocycles. The lowest BCUT2D eigenvalue weighted by Gasteiger charge is -2.11. The van der Waals surface area contributed by atoms with Gasteiger partial charge in [-0.1, -0.05) is 66.7 Å². The van der Waals surface area contributed by atoms with Crippen molar-refractivity contribution in [1.82, 2.24) is 0 Å². The third-order valence-electron chi connectivity index (χ3n) is 3.98. The summed E-state index contributed by atoms with van der Waals surface area (Å²) in [5.74, 6) is -0.707. The molecule has 0 saturated carbocycles. The summed E-state index contributed by atoms with van der Waals surface area (Å²) in [6.45, 7) is 0. The number of carbonyl (C=O) groups excluding carboxylic acids is 2. The molecule has 3 aromatic carbocycles. The molecular weight excluding hydrogens is 338 g/mol. The molecule has 0 spiro atoms. The highest BCUT2D eigenvalue weighted by Gasteiger charge is 2.13. The Hall–Kier alpha value is -3.66. The average Bonchev–Trinajstić information content (AvgIpc) is 2.73. The summed E-state index contributed by atoms with van der Waals surface area (Å²) < 4.78 is 4.73. The first kappa shape index (κ1) is 18.1. The van der Waals surface area contributed by atoms with Crippen LogP contribution >= 0.6 is 0 Å². The van der Waals surface area contributed by atoms with E-state index in [1.54, 1.807) is 24.3 Å². The zero-order valence-corrected chi connectivity index (χ0v) is 14.9. The van der Waals surface area contributed by atoms with E-state index in [0.29, 0.717) is 16.8 Å². The number of hydrogen-bond acceptors (Lipinski definition) is 3. The monoisotopic (exact) mass is 357 g/mol. The minimum Gasteiger partial charge on any atom is -0.465 e. The Labute approximate surface area is 158 Å². The van der Waals surface area contributed by atoms with Gasteiger partial charge in [0.05, 0.1) is 12.7 Å². The molecule has 0 aromatic heterocycles. The first-order valence-corrected chi connectivity index (χ1v) is 8.49. The van der Waals surface area contributed by atoms with Crippen molar-refractivity contribution in [2.24, 2.45) is 0 Å². The Morgan fingerprint density at radius 3 is 2.11 bits per heavy atom. The number of ether oxygens (including phenoxy) is 1. The molecule has 0 heterocycles. The molecule has 0 unspecified atom stereocenters. The molecule has 0 bridgehead atoms. The van der Waals surface area contributed by atoms with Gasteiger partial charge in [-0.05, 0) is 35.4 Å². The van der Waals surface area contributed by atoms with Crippen molar-refractivity contribution in [1.29, 1.82) is 0 Å². The van der Waals surface area contributed by atoms with Crippen molar-refractivity contribution >= 4 is 29.2 Å². The first-order chi connectivity index (χ1) is 13.2. The summed E-state index contributed by atoms with van der Waals surface area (Å²) in [6, 6.07) is 25.8. The number of anilines is 1. The van der Waals surface area contributed by atoms with Crippen molar-refractivity contribution < 1.29 is 14.3 Å². The molecule has 0 radical (unpaired) electrons. The minimum absolute atomic E-state index is 0.257. The van der Waals surface area contributed by atoms with Gasteiger partial charge >= 0.3 is 5.97 Å². The molecular formula is C23H19NO3. The van der Waals surface area contributed by atoms with Gasteiger partial charge in [0.2, 0.25) is 0 Å². The number of hydrogen-bond donors (Lipinski definition) is 1. The van der Waals surface area contributed by atoms with Gasteiger partial charge in [0, 0.05) is 11.3 Å². The van der Waals surface area contributed by atoms with E-state index >= 15 is 0 Å². The van der Waals surface area contributed by atoms with E-state index in [4.69, 9.17) is 4.74 Å². The zero-order chi connectivity index (χ0) is 19.1. The fourth-order valence-electron chi connectivity index (χ4n) is 2.65. The Bertz CT molecular complexity index is 963. The van der Waals surface area contributed by atoms with E-state index in [1.165, 1.54) is 7.11 Å². The van der Waals surface area contributed by atoms with Crippen molar-refractivity contribution in [3.63, 3.8) is 0 Å². The number of esters is 1. The lowest BCUT2D eigenvalue weighted by Crippen LogP contribution is -2.14. The maximum atomic E-state index is 13.0. The van der Waals surface area contributed by atoms with Crippen molar-refractivity contribution in [3.05, 3.63) is 102 Å². The Morgan fingerprint density at radius 2 is 1.44 bits per heavy atom. The van der Waals surface area contributed by atoms with Crippen LogP contribution in [0.25, 0.3) is 11.6 Å². The minimum atomic E-state index is -0.450. The normalized spacial score (nSPS) is 10.9. The molecule has 3 rings (SSSR count). The Morgan fingerprint density at radius 1 is 0.815 bits per heavy atom. The van der Waals surface area contributed by atoms with Crippen LogP contribution in [0.4, 0.5) is 5.69 Å². The molecule has 1 N–H and O–H groups in total. The molecule has 0 saturated heterocycles. The number of amides is 1. The molecule has 1 amide bonds. The molecule has 0 aliphatic heterocycles. The van der Waals surface area contributed by atoms with Crippen LogP contribution in [0.3, 0.4) is 0 Å². The van der Waals surface area contributed by atoms with Gasteiger partial charge in [-0.2, -0.15) is 0 Å². The summed E-state index contributed by atoms with van der Waals surface area (Å²) in [4.78, 5) is 24.7. The van der Waals surface area contributed by atoms with E-state index in [9.17, 15) is 9.59 Å². The van der Waals surface area contributed by atoms with Crippen LogP contribution in [0.1, 0.15) is 21.5 Å². The van der Waals surface area contributed by atoms with Crippen LogP contribution in [0.2, 0.25) is 0 Å². The third kappa shape index (κ3) is 4.70. The maximum Gasteiger partial charge on any atom is 0.337 e. The van der Waals surface area contributed by atoms with Crippen LogP contribution in [0.15, 0.2) is 84.9 Å². The van der Waals surface area contributed by atoms with Crippen LogP contribution in [-0.4, -0.2) is 19.0 Å². The van der Waals surface area contributed by atoms with Crippen LogP contribution < -0.4 is 5.32 Å². The van der Waals surface area contributed by atoms with Gasteiger partial charge < -0.3 is 10.1 Å². The number of nitrogens with one attached hydrogen (secondary N) is 1. The summed E-state index contributed by atoms with van der Waals surface area (Å²) in [5.41, 5.74) is 3.17. The van der Waals surface area contributed by atoms with E-state index in [0.717, 1.165) is 11.1 Å². The molecule has 0 aliphatic rings. The summed E-state index contributed by atoms with van der Waals surface area (Å²) in [5, 5.41) is 2.87. The van der Waals surface area contributed by atoms with Gasteiger partial charge in [0.15, 0.2) is 0 Å².